The molecular weight excluding hydrogens is 498 g/mol. The molecule has 2 heteroatoms. The zero-order valence-electron chi connectivity index (χ0n) is 26.2. The lowest BCUT2D eigenvalue weighted by Gasteiger charge is -2.22. The molecule has 0 fully saturated rings. The third-order valence-electron chi connectivity index (χ3n) is 8.39. The predicted octanol–water partition coefficient (Wildman–Crippen LogP) is 9.88. The van der Waals surface area contributed by atoms with Gasteiger partial charge in [0.15, 0.2) is 5.71 Å². The van der Waals surface area contributed by atoms with Gasteiger partial charge in [0.05, 0.1) is 5.41 Å². The van der Waals surface area contributed by atoms with Crippen molar-refractivity contribution in [1.29, 1.82) is 0 Å². The van der Waals surface area contributed by atoms with Crippen LogP contribution in [0.3, 0.4) is 0 Å². The average Bonchev–Trinajstić information content (AvgIpc) is 3.12. The summed E-state index contributed by atoms with van der Waals surface area (Å²) in [5.41, 5.74) is 10.1. The van der Waals surface area contributed by atoms with E-state index in [1.165, 1.54) is 33.7 Å². The van der Waals surface area contributed by atoms with Crippen molar-refractivity contribution < 1.29 is 9.31 Å². The highest BCUT2D eigenvalue weighted by Crippen LogP contribution is 2.39. The van der Waals surface area contributed by atoms with Crippen LogP contribution in [0.2, 0.25) is 0 Å². The number of fused-ring (bicyclic) bond motifs is 1. The van der Waals surface area contributed by atoms with Gasteiger partial charge < -0.3 is 4.74 Å². The van der Waals surface area contributed by atoms with Gasteiger partial charge in [0.1, 0.15) is 18.6 Å². The van der Waals surface area contributed by atoms with Gasteiger partial charge in [-0.25, -0.2) is 0 Å². The van der Waals surface area contributed by atoms with E-state index in [0.29, 0.717) is 0 Å². The summed E-state index contributed by atoms with van der Waals surface area (Å²) >= 11 is 0. The fourth-order valence-electron chi connectivity index (χ4n) is 5.75. The Morgan fingerprint density at radius 2 is 1.27 bits per heavy atom. The molecule has 210 valence electrons. The largest absolute Gasteiger partial charge is 0.457 e. The van der Waals surface area contributed by atoms with Gasteiger partial charge in [-0.15, -0.1) is 0 Å². The zero-order chi connectivity index (χ0) is 29.6. The second-order valence-corrected chi connectivity index (χ2v) is 13.9. The van der Waals surface area contributed by atoms with Crippen LogP contribution in [0.5, 0.6) is 0 Å². The molecule has 3 aromatic rings. The maximum atomic E-state index is 6.50. The highest BCUT2D eigenvalue weighted by molar-refractivity contribution is 6.03. The number of allylic oxidation sites excluding steroid dienone is 6. The van der Waals surface area contributed by atoms with Crippen molar-refractivity contribution in [2.75, 3.05) is 7.05 Å². The van der Waals surface area contributed by atoms with Crippen LogP contribution in [0.15, 0.2) is 109 Å². The van der Waals surface area contributed by atoms with Gasteiger partial charge in [0.2, 0.25) is 5.69 Å². The van der Waals surface area contributed by atoms with Crippen molar-refractivity contribution in [1.82, 2.24) is 0 Å². The summed E-state index contributed by atoms with van der Waals surface area (Å²) in [6.45, 7) is 18.1. The highest BCUT2D eigenvalue weighted by Gasteiger charge is 2.42. The van der Waals surface area contributed by atoms with E-state index in [0.717, 1.165) is 22.7 Å². The fraction of sp³-hybridized carbons (Fsp3) is 0.308. The molecule has 0 spiro atoms. The van der Waals surface area contributed by atoms with E-state index in [1.807, 2.05) is 0 Å². The van der Waals surface area contributed by atoms with Gasteiger partial charge in [-0.1, -0.05) is 114 Å². The zero-order valence-corrected chi connectivity index (χ0v) is 26.2. The summed E-state index contributed by atoms with van der Waals surface area (Å²) in [5, 5.41) is 0. The Morgan fingerprint density at radius 1 is 0.707 bits per heavy atom. The lowest BCUT2D eigenvalue weighted by molar-refractivity contribution is -0.401. The Labute approximate surface area is 247 Å². The number of ether oxygens (including phenoxy) is 1. The van der Waals surface area contributed by atoms with Crippen molar-refractivity contribution in [3.8, 4) is 0 Å². The molecule has 0 bridgehead atoms. The van der Waals surface area contributed by atoms with E-state index >= 15 is 0 Å². The molecule has 0 saturated heterocycles. The number of hydrogen-bond acceptors (Lipinski definition) is 1. The molecule has 0 N–H and O–H groups in total. The first-order chi connectivity index (χ1) is 19.2. The third kappa shape index (κ3) is 5.79. The molecule has 2 heterocycles. The van der Waals surface area contributed by atoms with E-state index in [4.69, 9.17) is 4.74 Å². The van der Waals surface area contributed by atoms with Gasteiger partial charge in [-0.05, 0) is 65.2 Å². The fourth-order valence-corrected chi connectivity index (χ4v) is 5.75. The van der Waals surface area contributed by atoms with Crippen LogP contribution < -0.4 is 0 Å². The smallest absolute Gasteiger partial charge is 0.209 e. The van der Waals surface area contributed by atoms with Gasteiger partial charge in [-0.3, -0.25) is 0 Å². The summed E-state index contributed by atoms with van der Waals surface area (Å²) in [6.07, 6.45) is 10.7. The second-order valence-electron chi connectivity index (χ2n) is 13.9. The summed E-state index contributed by atoms with van der Waals surface area (Å²) in [7, 11) is 2.15. The highest BCUT2D eigenvalue weighted by atomic mass is 16.5. The number of rotatable bonds is 4. The lowest BCUT2D eigenvalue weighted by atomic mass is 9.81. The van der Waals surface area contributed by atoms with Gasteiger partial charge in [-0.2, -0.15) is 4.58 Å². The predicted molar refractivity (Wildman–Crippen MR) is 175 cm³/mol. The molecule has 5 rings (SSSR count). The van der Waals surface area contributed by atoms with Gasteiger partial charge in [0.25, 0.3) is 0 Å². The first-order valence-corrected chi connectivity index (χ1v) is 14.7. The van der Waals surface area contributed by atoms with Crippen LogP contribution in [-0.4, -0.2) is 17.3 Å². The summed E-state index contributed by atoms with van der Waals surface area (Å²) in [6, 6.07) is 26.4. The molecule has 0 atom stereocenters. The van der Waals surface area contributed by atoms with E-state index in [1.54, 1.807) is 0 Å². The summed E-state index contributed by atoms with van der Waals surface area (Å²) in [4.78, 5) is 0. The maximum absolute atomic E-state index is 6.50. The van der Waals surface area contributed by atoms with Crippen molar-refractivity contribution in [3.63, 3.8) is 0 Å². The minimum Gasteiger partial charge on any atom is -0.457 e. The number of hydrogen-bond donors (Lipinski definition) is 0. The average molecular weight is 543 g/mol. The molecule has 0 radical (unpaired) electrons. The van der Waals surface area contributed by atoms with E-state index in [9.17, 15) is 0 Å². The molecule has 2 aliphatic heterocycles. The Hall–Kier alpha value is -3.91. The van der Waals surface area contributed by atoms with E-state index in [-0.39, 0.29) is 16.2 Å². The van der Waals surface area contributed by atoms with Gasteiger partial charge >= 0.3 is 0 Å². The van der Waals surface area contributed by atoms with Crippen molar-refractivity contribution in [2.24, 2.45) is 0 Å². The van der Waals surface area contributed by atoms with Crippen LogP contribution >= 0.6 is 0 Å². The first kappa shape index (κ1) is 28.6. The maximum Gasteiger partial charge on any atom is 0.209 e. The number of nitrogens with zero attached hydrogens (tertiary/aromatic N) is 1. The minimum absolute atomic E-state index is 0.0660. The molecule has 2 nitrogen and oxygen atoms in total. The van der Waals surface area contributed by atoms with Crippen LogP contribution in [0.4, 0.5) is 5.69 Å². The summed E-state index contributed by atoms with van der Waals surface area (Å²) < 4.78 is 8.80. The lowest BCUT2D eigenvalue weighted by Crippen LogP contribution is -2.26. The third-order valence-corrected chi connectivity index (χ3v) is 8.39. The van der Waals surface area contributed by atoms with Crippen LogP contribution in [0, 0.1) is 0 Å². The topological polar surface area (TPSA) is 12.2 Å². The molecule has 0 unspecified atom stereocenters. The molecule has 0 saturated carbocycles. The normalized spacial score (nSPS) is 17.9. The molecule has 0 amide bonds. The van der Waals surface area contributed by atoms with Crippen molar-refractivity contribution in [3.05, 3.63) is 137 Å². The molecule has 0 aromatic heterocycles. The van der Waals surface area contributed by atoms with Crippen LogP contribution in [-0.2, 0) is 21.0 Å². The monoisotopic (exact) mass is 542 g/mol. The number of benzene rings is 3. The van der Waals surface area contributed by atoms with E-state index in [2.05, 4.69) is 170 Å². The second kappa shape index (κ2) is 10.5. The SMILES string of the molecule is C[N+]1=C(C=CC=C2C=C(c3ccc(C(C)(C)C)cc3)C=C(c3ccc(C(C)(C)C)cc3)O2)C(C)(C)c2ccccc21. The van der Waals surface area contributed by atoms with Crippen LogP contribution in [0.1, 0.15) is 83.2 Å². The minimum atomic E-state index is -0.0660. The molecule has 3 aromatic carbocycles. The van der Waals surface area contributed by atoms with Gasteiger partial charge in [0, 0.05) is 23.3 Å². The number of para-hydroxylation sites is 1. The summed E-state index contributed by atoms with van der Waals surface area (Å²) in [5.74, 6) is 1.69. The quantitative estimate of drug-likeness (QED) is 0.299. The molecule has 41 heavy (non-hydrogen) atoms. The van der Waals surface area contributed by atoms with E-state index < -0.39 is 0 Å². The Balaban J connectivity index is 1.51. The standard InChI is InChI=1S/C39H44NO/c1-37(2,3)30-21-17-27(18-22-30)29-25-32(41-35(26-29)28-19-23-31(24-20-28)38(4,5)6)13-12-16-36-39(7,8)33-14-10-11-15-34(33)40(36)9/h10-26H,1-9H3/q+1. The Kier molecular flexibility index (Phi) is 7.32. The Morgan fingerprint density at radius 3 is 1.83 bits per heavy atom. The molecule has 2 aliphatic rings. The first-order valence-electron chi connectivity index (χ1n) is 14.7. The Bertz CT molecular complexity index is 1610. The van der Waals surface area contributed by atoms with Crippen molar-refractivity contribution >= 4 is 22.7 Å². The molecule has 0 aliphatic carbocycles. The molecular formula is C39H44NO+. The van der Waals surface area contributed by atoms with Crippen LogP contribution in [0.25, 0.3) is 11.3 Å². The van der Waals surface area contributed by atoms with Crippen molar-refractivity contribution in [2.45, 2.75) is 71.6 Å².